The summed E-state index contributed by atoms with van der Waals surface area (Å²) in [6, 6.07) is 0. The van der Waals surface area contributed by atoms with Gasteiger partial charge in [-0.3, -0.25) is 4.79 Å². The van der Waals surface area contributed by atoms with Crippen molar-refractivity contribution in [2.45, 2.75) is 44.9 Å². The van der Waals surface area contributed by atoms with Gasteiger partial charge in [0.25, 0.3) is 0 Å². The molecule has 5 heteroatoms. The van der Waals surface area contributed by atoms with Crippen LogP contribution in [0.2, 0.25) is 0 Å². The monoisotopic (exact) mass is 249 g/mol. The van der Waals surface area contributed by atoms with Crippen LogP contribution in [-0.4, -0.2) is 34.0 Å². The Bertz CT molecular complexity index is 439. The first-order chi connectivity index (χ1) is 8.72. The number of hydrogen-bond donors (Lipinski definition) is 0. The normalized spacial score (nSPS) is 24.3. The zero-order valence-corrected chi connectivity index (χ0v) is 10.8. The third kappa shape index (κ3) is 2.54. The molecule has 0 spiro atoms. The highest BCUT2D eigenvalue weighted by Gasteiger charge is 2.29. The molecule has 0 unspecified atom stereocenters. The quantitative estimate of drug-likeness (QED) is 0.818. The molecule has 0 radical (unpaired) electrons. The maximum absolute atomic E-state index is 11.4. The van der Waals surface area contributed by atoms with Crippen molar-refractivity contribution in [2.24, 2.45) is 5.92 Å². The van der Waals surface area contributed by atoms with E-state index < -0.39 is 0 Å². The Morgan fingerprint density at radius 2 is 2.28 bits per heavy atom. The van der Waals surface area contributed by atoms with Crippen LogP contribution in [-0.2, 0) is 11.2 Å². The van der Waals surface area contributed by atoms with E-state index in [1.54, 1.807) is 6.92 Å². The van der Waals surface area contributed by atoms with Crippen molar-refractivity contribution in [1.29, 1.82) is 0 Å². The van der Waals surface area contributed by atoms with Crippen molar-refractivity contribution in [3.8, 4) is 0 Å². The van der Waals surface area contributed by atoms with Crippen molar-refractivity contribution in [2.75, 3.05) is 13.1 Å². The van der Waals surface area contributed by atoms with Gasteiger partial charge in [0.1, 0.15) is 0 Å². The lowest BCUT2D eigenvalue weighted by Gasteiger charge is -2.31. The summed E-state index contributed by atoms with van der Waals surface area (Å²) in [5.41, 5.74) is 0. The van der Waals surface area contributed by atoms with Crippen LogP contribution in [0.25, 0.3) is 0 Å². The molecule has 1 aromatic rings. The van der Waals surface area contributed by atoms with E-state index in [0.717, 1.165) is 44.1 Å². The molecule has 2 aliphatic rings. The van der Waals surface area contributed by atoms with E-state index in [-0.39, 0.29) is 5.91 Å². The number of amides is 1. The van der Waals surface area contributed by atoms with Gasteiger partial charge < -0.3 is 9.42 Å². The summed E-state index contributed by atoms with van der Waals surface area (Å²) in [6.45, 7) is 3.36. The van der Waals surface area contributed by atoms with Crippen LogP contribution in [0.4, 0.5) is 0 Å². The second-order valence-corrected chi connectivity index (χ2v) is 5.50. The van der Waals surface area contributed by atoms with Crippen LogP contribution in [0, 0.1) is 5.92 Å². The summed E-state index contributed by atoms with van der Waals surface area (Å²) in [5, 5.41) is 4.03. The molecule has 1 atom stereocenters. The summed E-state index contributed by atoms with van der Waals surface area (Å²) in [4.78, 5) is 17.8. The van der Waals surface area contributed by atoms with E-state index in [9.17, 15) is 4.79 Å². The minimum atomic E-state index is 0.170. The Labute approximate surface area is 107 Å². The van der Waals surface area contributed by atoms with E-state index in [1.165, 1.54) is 12.8 Å². The Morgan fingerprint density at radius 3 is 3.00 bits per heavy atom. The molecule has 1 saturated heterocycles. The highest BCUT2D eigenvalue weighted by atomic mass is 16.5. The first kappa shape index (κ1) is 11.7. The molecule has 1 amide bonds. The second-order valence-electron chi connectivity index (χ2n) is 5.50. The van der Waals surface area contributed by atoms with Crippen molar-refractivity contribution in [3.63, 3.8) is 0 Å². The van der Waals surface area contributed by atoms with E-state index in [1.807, 2.05) is 4.90 Å². The molecule has 2 heterocycles. The highest BCUT2D eigenvalue weighted by molar-refractivity contribution is 5.73. The fourth-order valence-corrected chi connectivity index (χ4v) is 2.62. The molecule has 18 heavy (non-hydrogen) atoms. The molecule has 0 aromatic carbocycles. The fourth-order valence-electron chi connectivity index (χ4n) is 2.62. The summed E-state index contributed by atoms with van der Waals surface area (Å²) in [7, 11) is 0. The number of nitrogens with zero attached hydrogens (tertiary/aromatic N) is 3. The first-order valence-corrected chi connectivity index (χ1v) is 6.80. The largest absolute Gasteiger partial charge is 0.343 e. The smallest absolute Gasteiger partial charge is 0.226 e. The zero-order valence-electron chi connectivity index (χ0n) is 10.8. The van der Waals surface area contributed by atoms with Crippen LogP contribution < -0.4 is 0 Å². The zero-order chi connectivity index (χ0) is 12.5. The number of piperidine rings is 1. The van der Waals surface area contributed by atoms with E-state index in [0.29, 0.717) is 11.8 Å². The van der Waals surface area contributed by atoms with Crippen LogP contribution in [0.1, 0.15) is 50.2 Å². The Morgan fingerprint density at radius 1 is 1.44 bits per heavy atom. The number of carbonyl (C=O) groups excluding carboxylic acids is 1. The van der Waals surface area contributed by atoms with Crippen LogP contribution >= 0.6 is 0 Å². The van der Waals surface area contributed by atoms with Gasteiger partial charge in [-0.15, -0.1) is 0 Å². The summed E-state index contributed by atoms with van der Waals surface area (Å²) < 4.78 is 5.30. The van der Waals surface area contributed by atoms with Gasteiger partial charge in [-0.1, -0.05) is 5.16 Å². The predicted octanol–water partition coefficient (Wildman–Crippen LogP) is 1.75. The minimum absolute atomic E-state index is 0.170. The van der Waals surface area contributed by atoms with Crippen molar-refractivity contribution in [3.05, 3.63) is 11.7 Å². The summed E-state index contributed by atoms with van der Waals surface area (Å²) in [6.07, 6.45) is 5.42. The molecular formula is C13H19N3O2. The molecule has 3 rings (SSSR count). The van der Waals surface area contributed by atoms with E-state index >= 15 is 0 Å². The Hall–Kier alpha value is -1.39. The molecule has 5 nitrogen and oxygen atoms in total. The lowest BCUT2D eigenvalue weighted by Crippen LogP contribution is -2.39. The number of likely N-dealkylation sites (tertiary alicyclic amines) is 1. The Kier molecular flexibility index (Phi) is 3.06. The standard InChI is InChI=1S/C13H19N3O2/c1-9(17)16-6-2-3-10(8-16)7-12-14-13(15-18-12)11-4-5-11/h10-11H,2-8H2,1H3/t10-/m0/s1. The van der Waals surface area contributed by atoms with E-state index in [4.69, 9.17) is 4.52 Å². The van der Waals surface area contributed by atoms with Gasteiger partial charge in [0.15, 0.2) is 5.82 Å². The third-order valence-corrected chi connectivity index (χ3v) is 3.85. The number of rotatable bonds is 3. The summed E-state index contributed by atoms with van der Waals surface area (Å²) in [5.74, 6) is 2.80. The summed E-state index contributed by atoms with van der Waals surface area (Å²) >= 11 is 0. The molecule has 98 valence electrons. The van der Waals surface area contributed by atoms with E-state index in [2.05, 4.69) is 10.1 Å². The van der Waals surface area contributed by atoms with Gasteiger partial charge in [0.05, 0.1) is 0 Å². The molecule has 0 bridgehead atoms. The van der Waals surface area contributed by atoms with Gasteiger partial charge in [0, 0.05) is 32.4 Å². The lowest BCUT2D eigenvalue weighted by molar-refractivity contribution is -0.130. The molecule has 0 N–H and O–H groups in total. The predicted molar refractivity (Wildman–Crippen MR) is 65.0 cm³/mol. The van der Waals surface area contributed by atoms with Crippen molar-refractivity contribution in [1.82, 2.24) is 15.0 Å². The maximum Gasteiger partial charge on any atom is 0.226 e. The van der Waals surface area contributed by atoms with Gasteiger partial charge in [-0.2, -0.15) is 4.98 Å². The number of aromatic nitrogens is 2. The Balaban J connectivity index is 1.59. The molecule has 1 saturated carbocycles. The maximum atomic E-state index is 11.4. The average Bonchev–Trinajstić information content (AvgIpc) is 3.11. The number of hydrogen-bond acceptors (Lipinski definition) is 4. The number of carbonyl (C=O) groups is 1. The van der Waals surface area contributed by atoms with Gasteiger partial charge in [-0.25, -0.2) is 0 Å². The molecule has 1 aliphatic heterocycles. The average molecular weight is 249 g/mol. The van der Waals surface area contributed by atoms with Gasteiger partial charge >= 0.3 is 0 Å². The second kappa shape index (κ2) is 4.71. The minimum Gasteiger partial charge on any atom is -0.343 e. The molecule has 1 aromatic heterocycles. The highest BCUT2D eigenvalue weighted by Crippen LogP contribution is 2.38. The van der Waals surface area contributed by atoms with Gasteiger partial charge in [-0.05, 0) is 31.6 Å². The SMILES string of the molecule is CC(=O)N1CCC[C@@H](Cc2nc(C3CC3)no2)C1. The van der Waals surface area contributed by atoms with Gasteiger partial charge in [0.2, 0.25) is 11.8 Å². The topological polar surface area (TPSA) is 59.2 Å². The lowest BCUT2D eigenvalue weighted by atomic mass is 9.95. The van der Waals surface area contributed by atoms with Crippen molar-refractivity contribution >= 4 is 5.91 Å². The molecule has 2 fully saturated rings. The molecule has 1 aliphatic carbocycles. The van der Waals surface area contributed by atoms with Crippen LogP contribution in [0.15, 0.2) is 4.52 Å². The van der Waals surface area contributed by atoms with Crippen LogP contribution in [0.5, 0.6) is 0 Å². The van der Waals surface area contributed by atoms with Crippen LogP contribution in [0.3, 0.4) is 0 Å². The third-order valence-electron chi connectivity index (χ3n) is 3.85. The first-order valence-electron chi connectivity index (χ1n) is 6.80. The molecular weight excluding hydrogens is 230 g/mol. The van der Waals surface area contributed by atoms with Crippen molar-refractivity contribution < 1.29 is 9.32 Å². The fraction of sp³-hybridized carbons (Fsp3) is 0.769.